The smallest absolute Gasteiger partial charge is 0.243 e. The standard InChI is InChI=1S/C13H23N3O2S2/c1-14-8-12-13(5-7-19-12)20(17,18)16(3)10-11-4-6-15(2)9-11/h5,7,11,14H,4,6,8-10H2,1-3H3. The van der Waals surface area contributed by atoms with Gasteiger partial charge in [-0.25, -0.2) is 12.7 Å². The van der Waals surface area contributed by atoms with E-state index in [1.54, 1.807) is 13.1 Å². The molecule has 0 bridgehead atoms. The Morgan fingerprint density at radius 3 is 2.90 bits per heavy atom. The minimum Gasteiger partial charge on any atom is -0.315 e. The molecule has 1 aliphatic heterocycles. The van der Waals surface area contributed by atoms with E-state index >= 15 is 0 Å². The lowest BCUT2D eigenvalue weighted by Gasteiger charge is -2.21. The monoisotopic (exact) mass is 317 g/mol. The summed E-state index contributed by atoms with van der Waals surface area (Å²) in [7, 11) is 2.23. The van der Waals surface area contributed by atoms with Gasteiger partial charge in [0.1, 0.15) is 0 Å². The second-order valence-electron chi connectivity index (χ2n) is 5.44. The summed E-state index contributed by atoms with van der Waals surface area (Å²) in [5.41, 5.74) is 0. The molecule has 0 aliphatic carbocycles. The van der Waals surface area contributed by atoms with Crippen molar-refractivity contribution in [2.75, 3.05) is 40.8 Å². The Kier molecular flexibility index (Phi) is 5.19. The molecule has 1 atom stereocenters. The van der Waals surface area contributed by atoms with Crippen LogP contribution in [0.2, 0.25) is 0 Å². The fourth-order valence-electron chi connectivity index (χ4n) is 2.65. The highest BCUT2D eigenvalue weighted by Gasteiger charge is 2.29. The van der Waals surface area contributed by atoms with Crippen LogP contribution in [0.1, 0.15) is 11.3 Å². The Morgan fingerprint density at radius 1 is 1.55 bits per heavy atom. The van der Waals surface area contributed by atoms with E-state index in [0.717, 1.165) is 24.4 Å². The van der Waals surface area contributed by atoms with Crippen LogP contribution >= 0.6 is 11.3 Å². The first kappa shape index (κ1) is 15.9. The zero-order valence-electron chi connectivity index (χ0n) is 12.3. The van der Waals surface area contributed by atoms with Gasteiger partial charge in [-0.05, 0) is 44.4 Å². The molecule has 1 unspecified atom stereocenters. The maximum Gasteiger partial charge on any atom is 0.243 e. The molecule has 0 amide bonds. The van der Waals surface area contributed by atoms with Gasteiger partial charge in [0.15, 0.2) is 0 Å². The molecular weight excluding hydrogens is 294 g/mol. The highest BCUT2D eigenvalue weighted by Crippen LogP contribution is 2.26. The van der Waals surface area contributed by atoms with Crippen LogP contribution in [0.15, 0.2) is 16.3 Å². The summed E-state index contributed by atoms with van der Waals surface area (Å²) < 4.78 is 26.8. The van der Waals surface area contributed by atoms with Crippen LogP contribution < -0.4 is 5.32 Å². The molecule has 1 aromatic rings. The quantitative estimate of drug-likeness (QED) is 0.852. The summed E-state index contributed by atoms with van der Waals surface area (Å²) in [4.78, 5) is 3.58. The van der Waals surface area contributed by atoms with Gasteiger partial charge < -0.3 is 10.2 Å². The largest absolute Gasteiger partial charge is 0.315 e. The van der Waals surface area contributed by atoms with Crippen LogP contribution in [0.4, 0.5) is 0 Å². The average molecular weight is 317 g/mol. The molecular formula is C13H23N3O2S2. The molecule has 0 aromatic carbocycles. The van der Waals surface area contributed by atoms with E-state index < -0.39 is 10.0 Å². The Labute approximate surface area is 125 Å². The van der Waals surface area contributed by atoms with Crippen molar-refractivity contribution in [2.24, 2.45) is 5.92 Å². The van der Waals surface area contributed by atoms with Crippen LogP contribution in [-0.4, -0.2) is 58.4 Å². The molecule has 114 valence electrons. The molecule has 20 heavy (non-hydrogen) atoms. The maximum atomic E-state index is 12.6. The number of sulfonamides is 1. The van der Waals surface area contributed by atoms with Crippen molar-refractivity contribution >= 4 is 21.4 Å². The molecule has 5 nitrogen and oxygen atoms in total. The predicted molar refractivity (Wildman–Crippen MR) is 82.5 cm³/mol. The van der Waals surface area contributed by atoms with Crippen molar-refractivity contribution in [3.63, 3.8) is 0 Å². The molecule has 1 saturated heterocycles. The Balaban J connectivity index is 2.10. The summed E-state index contributed by atoms with van der Waals surface area (Å²) in [5, 5.41) is 4.87. The van der Waals surface area contributed by atoms with Crippen LogP contribution in [0.5, 0.6) is 0 Å². The lowest BCUT2D eigenvalue weighted by Crippen LogP contribution is -2.33. The van der Waals surface area contributed by atoms with E-state index in [4.69, 9.17) is 0 Å². The predicted octanol–water partition coefficient (Wildman–Crippen LogP) is 1.04. The van der Waals surface area contributed by atoms with E-state index in [9.17, 15) is 8.42 Å². The molecule has 1 aliphatic rings. The third kappa shape index (κ3) is 3.40. The molecule has 7 heteroatoms. The van der Waals surface area contributed by atoms with Gasteiger partial charge in [-0.2, -0.15) is 0 Å². The minimum atomic E-state index is -3.37. The number of thiophene rings is 1. The average Bonchev–Trinajstić information content (AvgIpc) is 2.99. The summed E-state index contributed by atoms with van der Waals surface area (Å²) in [6.45, 7) is 3.22. The Morgan fingerprint density at radius 2 is 2.30 bits per heavy atom. The van der Waals surface area contributed by atoms with Gasteiger partial charge in [0, 0.05) is 31.6 Å². The summed E-state index contributed by atoms with van der Waals surface area (Å²) in [6, 6.07) is 1.71. The van der Waals surface area contributed by atoms with E-state index in [1.807, 2.05) is 12.4 Å². The number of nitrogens with one attached hydrogen (secondary N) is 1. The normalized spacial score (nSPS) is 20.9. The number of hydrogen-bond donors (Lipinski definition) is 1. The van der Waals surface area contributed by atoms with Gasteiger partial charge >= 0.3 is 0 Å². The number of hydrogen-bond acceptors (Lipinski definition) is 5. The van der Waals surface area contributed by atoms with Gasteiger partial charge in [-0.15, -0.1) is 11.3 Å². The first-order valence-electron chi connectivity index (χ1n) is 6.81. The van der Waals surface area contributed by atoms with Crippen LogP contribution in [0, 0.1) is 5.92 Å². The van der Waals surface area contributed by atoms with Gasteiger partial charge in [-0.3, -0.25) is 0 Å². The molecule has 0 saturated carbocycles. The van der Waals surface area contributed by atoms with E-state index in [2.05, 4.69) is 17.3 Å². The first-order valence-corrected chi connectivity index (χ1v) is 9.13. The molecule has 0 radical (unpaired) electrons. The molecule has 1 N–H and O–H groups in total. The van der Waals surface area contributed by atoms with E-state index in [0.29, 0.717) is 23.9 Å². The third-order valence-electron chi connectivity index (χ3n) is 3.73. The van der Waals surface area contributed by atoms with Crippen LogP contribution in [0.3, 0.4) is 0 Å². The summed E-state index contributed by atoms with van der Waals surface area (Å²) >= 11 is 1.48. The van der Waals surface area contributed by atoms with E-state index in [1.165, 1.54) is 15.6 Å². The second-order valence-corrected chi connectivity index (χ2v) is 8.45. The number of rotatable bonds is 6. The third-order valence-corrected chi connectivity index (χ3v) is 6.69. The lowest BCUT2D eigenvalue weighted by molar-refractivity contribution is 0.356. The highest BCUT2D eigenvalue weighted by atomic mass is 32.2. The number of nitrogens with zero attached hydrogens (tertiary/aromatic N) is 2. The lowest BCUT2D eigenvalue weighted by atomic mass is 10.1. The zero-order valence-corrected chi connectivity index (χ0v) is 13.9. The minimum absolute atomic E-state index is 0.436. The fourth-order valence-corrected chi connectivity index (χ4v) is 5.32. The van der Waals surface area contributed by atoms with Crippen molar-refractivity contribution in [3.8, 4) is 0 Å². The molecule has 1 aromatic heterocycles. The number of likely N-dealkylation sites (tertiary alicyclic amines) is 1. The van der Waals surface area contributed by atoms with Crippen molar-refractivity contribution in [1.29, 1.82) is 0 Å². The van der Waals surface area contributed by atoms with Crippen LogP contribution in [0.25, 0.3) is 0 Å². The highest BCUT2D eigenvalue weighted by molar-refractivity contribution is 7.89. The van der Waals surface area contributed by atoms with Gasteiger partial charge in [0.2, 0.25) is 10.0 Å². The zero-order chi connectivity index (χ0) is 14.8. The Bertz CT molecular complexity index is 542. The van der Waals surface area contributed by atoms with Crippen molar-refractivity contribution in [1.82, 2.24) is 14.5 Å². The van der Waals surface area contributed by atoms with Gasteiger partial charge in [0.25, 0.3) is 0 Å². The molecule has 2 heterocycles. The van der Waals surface area contributed by atoms with Crippen molar-refractivity contribution in [2.45, 2.75) is 17.9 Å². The van der Waals surface area contributed by atoms with E-state index in [-0.39, 0.29) is 0 Å². The summed E-state index contributed by atoms with van der Waals surface area (Å²) in [6.07, 6.45) is 1.07. The topological polar surface area (TPSA) is 52.7 Å². The van der Waals surface area contributed by atoms with Crippen molar-refractivity contribution in [3.05, 3.63) is 16.3 Å². The molecule has 0 spiro atoms. The summed E-state index contributed by atoms with van der Waals surface area (Å²) in [5.74, 6) is 0.436. The van der Waals surface area contributed by atoms with Gasteiger partial charge in [-0.1, -0.05) is 0 Å². The SMILES string of the molecule is CNCc1sccc1S(=O)(=O)N(C)CC1CCN(C)C1. The van der Waals surface area contributed by atoms with Crippen LogP contribution in [-0.2, 0) is 16.6 Å². The first-order chi connectivity index (χ1) is 9.45. The fraction of sp³-hybridized carbons (Fsp3) is 0.692. The van der Waals surface area contributed by atoms with Crippen molar-refractivity contribution < 1.29 is 8.42 Å². The second kappa shape index (κ2) is 6.53. The molecule has 1 fully saturated rings. The Hall–Kier alpha value is -0.470. The maximum absolute atomic E-state index is 12.6. The van der Waals surface area contributed by atoms with Gasteiger partial charge in [0.05, 0.1) is 4.90 Å². The molecule has 2 rings (SSSR count).